The molecule has 0 spiro atoms. The number of rotatable bonds is 7. The molecule has 1 atom stereocenters. The molecule has 5 heteroatoms. The monoisotopic (exact) mass is 236 g/mol. The summed E-state index contributed by atoms with van der Waals surface area (Å²) < 4.78 is 21.9. The van der Waals surface area contributed by atoms with Gasteiger partial charge in [0.25, 0.3) is 0 Å². The van der Waals surface area contributed by atoms with Crippen LogP contribution in [0.25, 0.3) is 0 Å². The van der Waals surface area contributed by atoms with Crippen LogP contribution in [0.1, 0.15) is 13.8 Å². The number of nitrogens with zero attached hydrogens (tertiary/aromatic N) is 1. The van der Waals surface area contributed by atoms with E-state index < -0.39 is 9.84 Å². The maximum absolute atomic E-state index is 11.0. The van der Waals surface area contributed by atoms with Gasteiger partial charge < -0.3 is 10.6 Å². The summed E-state index contributed by atoms with van der Waals surface area (Å²) in [4.78, 5) is 2.04. The molecule has 0 aromatic rings. The van der Waals surface area contributed by atoms with E-state index in [1.165, 1.54) is 6.26 Å². The average Bonchev–Trinajstić information content (AvgIpc) is 2.09. The Morgan fingerprint density at radius 3 is 2.20 bits per heavy atom. The summed E-state index contributed by atoms with van der Waals surface area (Å²) in [6.07, 6.45) is 1.27. The minimum atomic E-state index is -2.85. The van der Waals surface area contributed by atoms with Crippen molar-refractivity contribution < 1.29 is 8.42 Å². The van der Waals surface area contributed by atoms with Gasteiger partial charge in [0, 0.05) is 19.3 Å². The molecule has 0 radical (unpaired) electrons. The molecule has 4 nitrogen and oxygen atoms in total. The highest BCUT2D eigenvalue weighted by Crippen LogP contribution is 2.10. The van der Waals surface area contributed by atoms with Crippen LogP contribution in [-0.2, 0) is 9.84 Å². The van der Waals surface area contributed by atoms with Gasteiger partial charge >= 0.3 is 0 Å². The van der Waals surface area contributed by atoms with Gasteiger partial charge in [-0.25, -0.2) is 8.42 Å². The predicted octanol–water partition coefficient (Wildman–Crippen LogP) is 0.194. The van der Waals surface area contributed by atoms with Gasteiger partial charge in [-0.1, -0.05) is 13.8 Å². The van der Waals surface area contributed by atoms with E-state index in [-0.39, 0.29) is 5.75 Å². The van der Waals surface area contributed by atoms with E-state index in [1.54, 1.807) is 0 Å². The molecule has 2 N–H and O–H groups in total. The van der Waals surface area contributed by atoms with Crippen LogP contribution < -0.4 is 5.73 Å². The molecule has 92 valence electrons. The van der Waals surface area contributed by atoms with Crippen molar-refractivity contribution in [1.82, 2.24) is 4.90 Å². The molecule has 0 saturated carbocycles. The minimum absolute atomic E-state index is 0.221. The van der Waals surface area contributed by atoms with Crippen molar-refractivity contribution in [2.75, 3.05) is 38.7 Å². The molecule has 0 aromatic heterocycles. The Morgan fingerprint density at radius 1 is 1.33 bits per heavy atom. The van der Waals surface area contributed by atoms with Gasteiger partial charge in [-0.05, 0) is 25.4 Å². The Bertz CT molecular complexity index is 263. The quantitative estimate of drug-likeness (QED) is 0.685. The topological polar surface area (TPSA) is 63.4 Å². The molecule has 0 bridgehead atoms. The van der Waals surface area contributed by atoms with Crippen LogP contribution in [0, 0.1) is 11.8 Å². The van der Waals surface area contributed by atoms with Crippen molar-refractivity contribution >= 4 is 9.84 Å². The fourth-order valence-corrected chi connectivity index (χ4v) is 2.01. The molecule has 0 aromatic carbocycles. The van der Waals surface area contributed by atoms with Crippen LogP contribution in [0.5, 0.6) is 0 Å². The van der Waals surface area contributed by atoms with Crippen molar-refractivity contribution in [1.29, 1.82) is 0 Å². The van der Waals surface area contributed by atoms with Crippen LogP contribution in [-0.4, -0.2) is 52.0 Å². The highest BCUT2D eigenvalue weighted by Gasteiger charge is 2.14. The first kappa shape index (κ1) is 14.9. The molecular weight excluding hydrogens is 212 g/mol. The molecule has 0 saturated heterocycles. The smallest absolute Gasteiger partial charge is 0.148 e. The number of sulfone groups is 1. The zero-order chi connectivity index (χ0) is 12.1. The van der Waals surface area contributed by atoms with Gasteiger partial charge in [0.05, 0.1) is 5.75 Å². The lowest BCUT2D eigenvalue weighted by molar-refractivity contribution is 0.250. The van der Waals surface area contributed by atoms with Gasteiger partial charge in [0.2, 0.25) is 0 Å². The summed E-state index contributed by atoms with van der Waals surface area (Å²) in [6.45, 7) is 6.39. The third kappa shape index (κ3) is 7.76. The molecular formula is C10H24N2O2S. The summed E-state index contributed by atoms with van der Waals surface area (Å²) in [7, 11) is -0.914. The van der Waals surface area contributed by atoms with Gasteiger partial charge in [-0.15, -0.1) is 0 Å². The lowest BCUT2D eigenvalue weighted by Crippen LogP contribution is -2.35. The van der Waals surface area contributed by atoms with Crippen molar-refractivity contribution in [3.63, 3.8) is 0 Å². The van der Waals surface area contributed by atoms with Gasteiger partial charge in [-0.2, -0.15) is 0 Å². The van der Waals surface area contributed by atoms with Crippen molar-refractivity contribution in [3.05, 3.63) is 0 Å². The number of hydrogen-bond donors (Lipinski definition) is 1. The lowest BCUT2D eigenvalue weighted by Gasteiger charge is -2.25. The zero-order valence-corrected chi connectivity index (χ0v) is 11.0. The average molecular weight is 236 g/mol. The maximum atomic E-state index is 11.0. The highest BCUT2D eigenvalue weighted by atomic mass is 32.2. The SMILES string of the molecule is CC(C)C(CN)CN(C)CCS(C)(=O)=O. The number of nitrogens with two attached hydrogens (primary N) is 1. The Balaban J connectivity index is 3.97. The molecule has 0 aliphatic rings. The summed E-state index contributed by atoms with van der Waals surface area (Å²) in [5, 5.41) is 0. The summed E-state index contributed by atoms with van der Waals surface area (Å²) in [5.41, 5.74) is 5.66. The first-order chi connectivity index (χ1) is 6.76. The first-order valence-electron chi connectivity index (χ1n) is 5.32. The third-order valence-electron chi connectivity index (χ3n) is 2.64. The molecule has 0 aliphatic heterocycles. The van der Waals surface area contributed by atoms with Crippen LogP contribution in [0.2, 0.25) is 0 Å². The van der Waals surface area contributed by atoms with Crippen LogP contribution in [0.15, 0.2) is 0 Å². The first-order valence-corrected chi connectivity index (χ1v) is 7.38. The highest BCUT2D eigenvalue weighted by molar-refractivity contribution is 7.90. The second kappa shape index (κ2) is 6.45. The Kier molecular flexibility index (Phi) is 6.40. The van der Waals surface area contributed by atoms with E-state index in [1.807, 2.05) is 11.9 Å². The van der Waals surface area contributed by atoms with E-state index in [0.717, 1.165) is 6.54 Å². The van der Waals surface area contributed by atoms with Gasteiger partial charge in [-0.3, -0.25) is 0 Å². The Hall–Kier alpha value is -0.130. The van der Waals surface area contributed by atoms with Gasteiger partial charge in [0.1, 0.15) is 9.84 Å². The lowest BCUT2D eigenvalue weighted by atomic mass is 9.95. The number of hydrogen-bond acceptors (Lipinski definition) is 4. The summed E-state index contributed by atoms with van der Waals surface area (Å²) in [5.74, 6) is 1.20. The Morgan fingerprint density at radius 2 is 1.87 bits per heavy atom. The van der Waals surface area contributed by atoms with E-state index in [0.29, 0.717) is 24.9 Å². The van der Waals surface area contributed by atoms with Crippen LogP contribution in [0.4, 0.5) is 0 Å². The molecule has 0 rings (SSSR count). The van der Waals surface area contributed by atoms with Crippen LogP contribution >= 0.6 is 0 Å². The fraction of sp³-hybridized carbons (Fsp3) is 1.00. The standard InChI is InChI=1S/C10H24N2O2S/c1-9(2)10(7-11)8-12(3)5-6-15(4,13)14/h9-10H,5-8,11H2,1-4H3. The van der Waals surface area contributed by atoms with Crippen molar-refractivity contribution in [3.8, 4) is 0 Å². The van der Waals surface area contributed by atoms with Crippen molar-refractivity contribution in [2.24, 2.45) is 17.6 Å². The summed E-state index contributed by atoms with van der Waals surface area (Å²) >= 11 is 0. The predicted molar refractivity (Wildman–Crippen MR) is 64.6 cm³/mol. The van der Waals surface area contributed by atoms with E-state index in [2.05, 4.69) is 13.8 Å². The van der Waals surface area contributed by atoms with Crippen molar-refractivity contribution in [2.45, 2.75) is 13.8 Å². The molecule has 0 amide bonds. The van der Waals surface area contributed by atoms with E-state index in [4.69, 9.17) is 5.73 Å². The summed E-state index contributed by atoms with van der Waals surface area (Å²) in [6, 6.07) is 0. The van der Waals surface area contributed by atoms with Crippen LogP contribution in [0.3, 0.4) is 0 Å². The molecule has 0 aliphatic carbocycles. The Labute approximate surface area is 93.7 Å². The molecule has 1 unspecified atom stereocenters. The third-order valence-corrected chi connectivity index (χ3v) is 3.56. The second-order valence-electron chi connectivity index (χ2n) is 4.63. The molecule has 15 heavy (non-hydrogen) atoms. The molecule has 0 heterocycles. The van der Waals surface area contributed by atoms with E-state index in [9.17, 15) is 8.42 Å². The van der Waals surface area contributed by atoms with E-state index >= 15 is 0 Å². The molecule has 0 fully saturated rings. The maximum Gasteiger partial charge on any atom is 0.148 e. The second-order valence-corrected chi connectivity index (χ2v) is 6.89. The largest absolute Gasteiger partial charge is 0.330 e. The zero-order valence-electron chi connectivity index (χ0n) is 10.2. The van der Waals surface area contributed by atoms with Gasteiger partial charge in [0.15, 0.2) is 0 Å². The fourth-order valence-electron chi connectivity index (χ4n) is 1.37. The normalized spacial score (nSPS) is 14.9. The minimum Gasteiger partial charge on any atom is -0.330 e.